The number of fused-ring (bicyclic) bond motifs is 1. The van der Waals surface area contributed by atoms with Gasteiger partial charge in [0.15, 0.2) is 6.20 Å². The van der Waals surface area contributed by atoms with Crippen molar-refractivity contribution in [3.8, 4) is 0 Å². The number of hydrogen-bond donors (Lipinski definition) is 0. The van der Waals surface area contributed by atoms with Crippen LogP contribution in [-0.4, -0.2) is 19.2 Å². The molecule has 2 aromatic carbocycles. The van der Waals surface area contributed by atoms with E-state index >= 15 is 0 Å². The highest BCUT2D eigenvalue weighted by atomic mass is 32.2. The average Bonchev–Trinajstić information content (AvgIpc) is 2.56. The maximum absolute atomic E-state index is 10.4. The topological polar surface area (TPSA) is 61.1 Å². The fraction of sp³-hybridized carbons (Fsp3) is 0.167. The Balaban J connectivity index is 0.000000177. The van der Waals surface area contributed by atoms with Crippen molar-refractivity contribution >= 4 is 32.8 Å². The molecular weight excluding hydrogens is 342 g/mol. The highest BCUT2D eigenvalue weighted by molar-refractivity contribution is 7.98. The number of benzene rings is 2. The molecule has 0 saturated heterocycles. The molecule has 3 rings (SSSR count). The predicted octanol–water partition coefficient (Wildman–Crippen LogP) is 3.29. The zero-order valence-electron chi connectivity index (χ0n) is 13.8. The van der Waals surface area contributed by atoms with Crippen LogP contribution in [0.3, 0.4) is 0 Å². The van der Waals surface area contributed by atoms with Crippen LogP contribution in [0.2, 0.25) is 0 Å². The normalized spacial score (nSPS) is 11.0. The van der Waals surface area contributed by atoms with Crippen molar-refractivity contribution in [3.63, 3.8) is 0 Å². The number of hydrogen-bond acceptors (Lipinski definition) is 4. The third-order valence-corrected chi connectivity index (χ3v) is 5.17. The fourth-order valence-electron chi connectivity index (χ4n) is 2.22. The maximum atomic E-state index is 10.4. The van der Waals surface area contributed by atoms with Crippen LogP contribution in [0.5, 0.6) is 0 Å². The molecule has 0 atom stereocenters. The number of pyridine rings is 1. The smallest absolute Gasteiger partial charge is 0.213 e. The van der Waals surface area contributed by atoms with Crippen molar-refractivity contribution in [1.82, 2.24) is 0 Å². The van der Waals surface area contributed by atoms with Gasteiger partial charge in [-0.25, -0.2) is 13.0 Å². The molecule has 3 aromatic rings. The quantitative estimate of drug-likeness (QED) is 0.399. The summed E-state index contributed by atoms with van der Waals surface area (Å²) in [6.45, 7) is 1.82. The van der Waals surface area contributed by atoms with Gasteiger partial charge < -0.3 is 4.55 Å². The maximum Gasteiger partial charge on any atom is 0.213 e. The molecule has 0 radical (unpaired) electrons. The van der Waals surface area contributed by atoms with Crippen LogP contribution in [-0.2, 0) is 17.2 Å². The van der Waals surface area contributed by atoms with Crippen LogP contribution in [0.4, 0.5) is 0 Å². The Bertz CT molecular complexity index is 936. The average molecular weight is 361 g/mol. The van der Waals surface area contributed by atoms with Crippen molar-refractivity contribution in [2.75, 3.05) is 6.26 Å². The van der Waals surface area contributed by atoms with E-state index in [1.165, 1.54) is 27.9 Å². The van der Waals surface area contributed by atoms with E-state index in [1.807, 2.05) is 6.92 Å². The third kappa shape index (κ3) is 4.56. The summed E-state index contributed by atoms with van der Waals surface area (Å²) in [5.41, 5.74) is 2.21. The van der Waals surface area contributed by atoms with Crippen molar-refractivity contribution in [2.45, 2.75) is 16.7 Å². The Labute approximate surface area is 146 Å². The van der Waals surface area contributed by atoms with Gasteiger partial charge in [-0.2, -0.15) is 0 Å². The minimum Gasteiger partial charge on any atom is -0.744 e. The molecule has 0 aliphatic carbocycles. The van der Waals surface area contributed by atoms with Gasteiger partial charge in [-0.05, 0) is 31.4 Å². The van der Waals surface area contributed by atoms with Gasteiger partial charge in [-0.1, -0.05) is 29.8 Å². The summed E-state index contributed by atoms with van der Waals surface area (Å²) in [6, 6.07) is 16.4. The Morgan fingerprint density at radius 2 is 1.62 bits per heavy atom. The van der Waals surface area contributed by atoms with E-state index in [1.54, 1.807) is 23.9 Å². The molecule has 1 aromatic heterocycles. The fourth-order valence-corrected chi connectivity index (χ4v) is 3.28. The first-order valence-electron chi connectivity index (χ1n) is 7.27. The first-order chi connectivity index (χ1) is 11.3. The van der Waals surface area contributed by atoms with Crippen LogP contribution >= 0.6 is 11.8 Å². The van der Waals surface area contributed by atoms with Gasteiger partial charge in [-0.15, -0.1) is 11.8 Å². The third-order valence-electron chi connectivity index (χ3n) is 3.53. The van der Waals surface area contributed by atoms with Gasteiger partial charge in [0.1, 0.15) is 17.2 Å². The molecule has 0 aliphatic rings. The summed E-state index contributed by atoms with van der Waals surface area (Å²) in [6.07, 6.45) is 4.22. The van der Waals surface area contributed by atoms with E-state index in [9.17, 15) is 13.0 Å². The molecule has 0 saturated carbocycles. The van der Waals surface area contributed by atoms with Gasteiger partial charge in [-0.3, -0.25) is 0 Å². The molecular formula is C18H19NO3S2. The minimum absolute atomic E-state index is 0.178. The van der Waals surface area contributed by atoms with E-state index in [0.29, 0.717) is 0 Å². The minimum atomic E-state index is -4.27. The number of thioether (sulfide) groups is 1. The lowest BCUT2D eigenvalue weighted by Crippen LogP contribution is -2.28. The van der Waals surface area contributed by atoms with Crippen molar-refractivity contribution < 1.29 is 17.5 Å². The summed E-state index contributed by atoms with van der Waals surface area (Å²) in [4.78, 5) is 1.16. The Morgan fingerprint density at radius 3 is 2.21 bits per heavy atom. The van der Waals surface area contributed by atoms with E-state index in [4.69, 9.17) is 0 Å². The van der Waals surface area contributed by atoms with Gasteiger partial charge in [0.2, 0.25) is 5.52 Å². The molecule has 0 bridgehead atoms. The first-order valence-corrected chi connectivity index (χ1v) is 9.90. The molecule has 126 valence electrons. The molecule has 0 N–H and O–H groups in total. The molecule has 24 heavy (non-hydrogen) atoms. The lowest BCUT2D eigenvalue weighted by molar-refractivity contribution is -0.645. The second kappa shape index (κ2) is 7.79. The largest absolute Gasteiger partial charge is 0.744 e. The van der Waals surface area contributed by atoms with E-state index in [-0.39, 0.29) is 4.90 Å². The van der Waals surface area contributed by atoms with Gasteiger partial charge >= 0.3 is 0 Å². The number of aryl methyl sites for hydroxylation is 2. The van der Waals surface area contributed by atoms with Gasteiger partial charge in [0.25, 0.3) is 0 Å². The zero-order valence-corrected chi connectivity index (χ0v) is 15.4. The highest BCUT2D eigenvalue weighted by Gasteiger charge is 2.06. The number of para-hydroxylation sites is 1. The number of rotatable bonds is 2. The Hall–Kier alpha value is -1.89. The zero-order chi connectivity index (χ0) is 17.7. The summed E-state index contributed by atoms with van der Waals surface area (Å²) < 4.78 is 33.3. The van der Waals surface area contributed by atoms with Crippen molar-refractivity contribution in [3.05, 3.63) is 66.4 Å². The molecule has 0 amide bonds. The highest BCUT2D eigenvalue weighted by Crippen LogP contribution is 2.22. The molecule has 0 spiro atoms. The van der Waals surface area contributed by atoms with E-state index in [0.717, 1.165) is 5.56 Å². The summed E-state index contributed by atoms with van der Waals surface area (Å²) >= 11 is 1.79. The van der Waals surface area contributed by atoms with Crippen LogP contribution in [0.25, 0.3) is 10.9 Å². The summed E-state index contributed by atoms with van der Waals surface area (Å²) in [7, 11) is -2.19. The van der Waals surface area contributed by atoms with Crippen molar-refractivity contribution in [2.24, 2.45) is 7.05 Å². The summed E-state index contributed by atoms with van der Waals surface area (Å²) in [5.74, 6) is 0. The van der Waals surface area contributed by atoms with Crippen LogP contribution < -0.4 is 4.57 Å². The predicted molar refractivity (Wildman–Crippen MR) is 96.0 cm³/mol. The summed E-state index contributed by atoms with van der Waals surface area (Å²) in [5, 5.41) is 1.33. The van der Waals surface area contributed by atoms with Crippen LogP contribution in [0.15, 0.2) is 70.6 Å². The Kier molecular flexibility index (Phi) is 5.99. The lowest BCUT2D eigenvalue weighted by Gasteiger charge is -2.05. The van der Waals surface area contributed by atoms with E-state index < -0.39 is 10.1 Å². The first kappa shape index (κ1) is 18.4. The second-order valence-corrected chi connectivity index (χ2v) is 7.51. The van der Waals surface area contributed by atoms with Gasteiger partial charge in [0.05, 0.1) is 10.3 Å². The van der Waals surface area contributed by atoms with Gasteiger partial charge in [0, 0.05) is 17.0 Å². The second-order valence-electron chi connectivity index (χ2n) is 5.28. The Morgan fingerprint density at radius 1 is 1.00 bits per heavy atom. The van der Waals surface area contributed by atoms with Crippen LogP contribution in [0, 0.1) is 6.92 Å². The molecule has 0 aliphatic heterocycles. The monoisotopic (exact) mass is 361 g/mol. The molecule has 0 unspecified atom stereocenters. The standard InChI is InChI=1S/C11H12NS.C7H8O3S/c1-12-8-7-11(13-2)9-5-3-4-6-10(9)12;1-6-2-4-7(5-3-6)11(8,9)10/h3-8H,1-2H3;2-5H,1H3,(H,8,9,10)/q+1;/p-1. The van der Waals surface area contributed by atoms with Crippen LogP contribution in [0.1, 0.15) is 5.56 Å². The molecule has 0 fully saturated rings. The number of aromatic nitrogens is 1. The number of nitrogens with zero attached hydrogens (tertiary/aromatic N) is 1. The SMILES string of the molecule is CSc1cc[n+](C)c2ccccc12.Cc1ccc(S(=O)(=O)[O-])cc1. The lowest BCUT2D eigenvalue weighted by atomic mass is 10.2. The molecule has 6 heteroatoms. The van der Waals surface area contributed by atoms with E-state index in [2.05, 4.69) is 54.4 Å². The molecule has 1 heterocycles. The van der Waals surface area contributed by atoms with Crippen molar-refractivity contribution in [1.29, 1.82) is 0 Å². The molecule has 4 nitrogen and oxygen atoms in total.